The van der Waals surface area contributed by atoms with Gasteiger partial charge in [-0.1, -0.05) is 54.2 Å². The number of aromatic nitrogens is 4. The molecule has 0 saturated carbocycles. The maximum absolute atomic E-state index is 12.5. The molecule has 1 N–H and O–H groups in total. The molecule has 8 heteroatoms. The minimum atomic E-state index is 0.0158. The molecule has 0 unspecified atom stereocenters. The number of likely N-dealkylation sites (tertiary alicyclic amines) is 1. The number of hydrogen-bond donors (Lipinski definition) is 1. The molecule has 1 aliphatic rings. The van der Waals surface area contributed by atoms with E-state index >= 15 is 0 Å². The van der Waals surface area contributed by atoms with Gasteiger partial charge in [0.05, 0.1) is 11.4 Å². The van der Waals surface area contributed by atoms with Gasteiger partial charge >= 0.3 is 0 Å². The van der Waals surface area contributed by atoms with Crippen LogP contribution in [0.3, 0.4) is 0 Å². The van der Waals surface area contributed by atoms with Crippen molar-refractivity contribution in [2.45, 2.75) is 38.0 Å². The fourth-order valence-electron chi connectivity index (χ4n) is 3.72. The van der Waals surface area contributed by atoms with Gasteiger partial charge in [0.25, 0.3) is 0 Å². The molecule has 0 bridgehead atoms. The number of nitrogens with one attached hydrogen (secondary N) is 1. The van der Waals surface area contributed by atoms with E-state index in [0.717, 1.165) is 37.3 Å². The van der Waals surface area contributed by atoms with Gasteiger partial charge in [-0.2, -0.15) is 4.68 Å². The van der Waals surface area contributed by atoms with E-state index in [4.69, 9.17) is 0 Å². The summed E-state index contributed by atoms with van der Waals surface area (Å²) in [5.74, 6) is 0.308. The number of carbonyl (C=O) groups excluding carboxylic acids is 1. The Labute approximate surface area is 180 Å². The third kappa shape index (κ3) is 4.88. The number of nitrogens with zero attached hydrogens (tertiary/aromatic N) is 5. The first-order valence-corrected chi connectivity index (χ1v) is 11.1. The van der Waals surface area contributed by atoms with Crippen molar-refractivity contribution in [1.82, 2.24) is 30.4 Å². The zero-order valence-corrected chi connectivity index (χ0v) is 18.1. The highest BCUT2D eigenvalue weighted by molar-refractivity contribution is 7.99. The Hall–Kier alpha value is -2.71. The third-order valence-corrected chi connectivity index (χ3v) is 6.38. The predicted octanol–water partition coefficient (Wildman–Crippen LogP) is 2.76. The average molecular weight is 423 g/mol. The molecule has 1 saturated heterocycles. The summed E-state index contributed by atoms with van der Waals surface area (Å²) >= 11 is 1.36. The Morgan fingerprint density at radius 2 is 2.00 bits per heavy atom. The fraction of sp³-hybridized carbons (Fsp3) is 0.364. The molecule has 0 aliphatic carbocycles. The largest absolute Gasteiger partial charge is 0.351 e. The lowest BCUT2D eigenvalue weighted by molar-refractivity contribution is -0.119. The number of thioether (sulfide) groups is 1. The monoisotopic (exact) mass is 422 g/mol. The molecule has 1 amide bonds. The number of rotatable bonds is 7. The topological polar surface area (TPSA) is 75.9 Å². The van der Waals surface area contributed by atoms with Crippen molar-refractivity contribution in [3.05, 3.63) is 65.2 Å². The van der Waals surface area contributed by atoms with E-state index in [1.807, 2.05) is 18.2 Å². The summed E-state index contributed by atoms with van der Waals surface area (Å²) in [4.78, 5) is 14.9. The van der Waals surface area contributed by atoms with Gasteiger partial charge in [0.1, 0.15) is 0 Å². The van der Waals surface area contributed by atoms with Gasteiger partial charge in [-0.15, -0.1) is 5.10 Å². The Bertz CT molecular complexity index is 1010. The highest BCUT2D eigenvalue weighted by Gasteiger charge is 2.24. The van der Waals surface area contributed by atoms with Crippen LogP contribution in [0.1, 0.15) is 23.1 Å². The van der Waals surface area contributed by atoms with Gasteiger partial charge in [-0.25, -0.2) is 0 Å². The molecule has 2 aromatic carbocycles. The summed E-state index contributed by atoms with van der Waals surface area (Å²) in [6, 6.07) is 16.7. The smallest absolute Gasteiger partial charge is 0.230 e. The minimum Gasteiger partial charge on any atom is -0.351 e. The third-order valence-electron chi connectivity index (χ3n) is 5.46. The maximum Gasteiger partial charge on any atom is 0.230 e. The number of tetrazole rings is 1. The van der Waals surface area contributed by atoms with E-state index < -0.39 is 0 Å². The maximum atomic E-state index is 12.5. The van der Waals surface area contributed by atoms with E-state index in [-0.39, 0.29) is 11.9 Å². The molecule has 0 radical (unpaired) electrons. The Balaban J connectivity index is 1.29. The first-order valence-electron chi connectivity index (χ1n) is 10.1. The van der Waals surface area contributed by atoms with Crippen LogP contribution in [0.5, 0.6) is 0 Å². The molecule has 3 aromatic rings. The van der Waals surface area contributed by atoms with E-state index in [2.05, 4.69) is 69.9 Å². The molecule has 1 aromatic heterocycles. The zero-order chi connectivity index (χ0) is 20.9. The van der Waals surface area contributed by atoms with Crippen molar-refractivity contribution in [2.75, 3.05) is 18.8 Å². The molecule has 30 heavy (non-hydrogen) atoms. The van der Waals surface area contributed by atoms with Crippen molar-refractivity contribution >= 4 is 17.7 Å². The van der Waals surface area contributed by atoms with Gasteiger partial charge in [0.2, 0.25) is 11.1 Å². The Kier molecular flexibility index (Phi) is 6.44. The molecule has 4 rings (SSSR count). The van der Waals surface area contributed by atoms with E-state index in [9.17, 15) is 4.79 Å². The van der Waals surface area contributed by atoms with Gasteiger partial charge < -0.3 is 5.32 Å². The highest BCUT2D eigenvalue weighted by Crippen LogP contribution is 2.22. The van der Waals surface area contributed by atoms with Gasteiger partial charge in [-0.3, -0.25) is 9.69 Å². The predicted molar refractivity (Wildman–Crippen MR) is 118 cm³/mol. The van der Waals surface area contributed by atoms with Crippen LogP contribution in [0, 0.1) is 13.8 Å². The molecule has 1 atom stereocenters. The molecule has 0 spiro atoms. The summed E-state index contributed by atoms with van der Waals surface area (Å²) in [7, 11) is 0. The molecule has 1 fully saturated rings. The quantitative estimate of drug-likeness (QED) is 0.590. The van der Waals surface area contributed by atoms with Crippen molar-refractivity contribution in [2.24, 2.45) is 0 Å². The lowest BCUT2D eigenvalue weighted by Gasteiger charge is -2.16. The lowest BCUT2D eigenvalue weighted by Crippen LogP contribution is -2.38. The van der Waals surface area contributed by atoms with Crippen molar-refractivity contribution in [3.63, 3.8) is 0 Å². The minimum absolute atomic E-state index is 0.0158. The zero-order valence-electron chi connectivity index (χ0n) is 17.3. The van der Waals surface area contributed by atoms with E-state index in [0.29, 0.717) is 10.9 Å². The SMILES string of the molecule is Cc1cccc(-n2nnnc2SCC(=O)N[C@@H]2CCN(Cc3ccccc3)C2)c1C. The first kappa shape index (κ1) is 20.6. The summed E-state index contributed by atoms with van der Waals surface area (Å²) in [5, 5.41) is 15.8. The molecule has 7 nitrogen and oxygen atoms in total. The lowest BCUT2D eigenvalue weighted by atomic mass is 10.1. The molecular formula is C22H26N6OS. The van der Waals surface area contributed by atoms with Crippen LogP contribution in [0.4, 0.5) is 0 Å². The van der Waals surface area contributed by atoms with Crippen LogP contribution in [-0.2, 0) is 11.3 Å². The molecule has 1 aliphatic heterocycles. The second-order valence-corrected chi connectivity index (χ2v) is 8.60. The Morgan fingerprint density at radius 3 is 2.83 bits per heavy atom. The van der Waals surface area contributed by atoms with E-state index in [1.165, 1.54) is 22.9 Å². The van der Waals surface area contributed by atoms with Gasteiger partial charge in [0, 0.05) is 25.7 Å². The van der Waals surface area contributed by atoms with Gasteiger partial charge in [-0.05, 0) is 53.5 Å². The summed E-state index contributed by atoms with van der Waals surface area (Å²) in [6.45, 7) is 6.91. The average Bonchev–Trinajstić information content (AvgIpc) is 3.39. The van der Waals surface area contributed by atoms with Crippen molar-refractivity contribution in [3.8, 4) is 5.69 Å². The van der Waals surface area contributed by atoms with Crippen molar-refractivity contribution < 1.29 is 4.79 Å². The normalized spacial score (nSPS) is 16.7. The van der Waals surface area contributed by atoms with Crippen LogP contribution >= 0.6 is 11.8 Å². The number of carbonyl (C=O) groups is 1. The number of amides is 1. The fourth-order valence-corrected chi connectivity index (χ4v) is 4.42. The molecule has 2 heterocycles. The molecular weight excluding hydrogens is 396 g/mol. The summed E-state index contributed by atoms with van der Waals surface area (Å²) < 4.78 is 1.71. The van der Waals surface area contributed by atoms with E-state index in [1.54, 1.807) is 4.68 Å². The first-order chi connectivity index (χ1) is 14.6. The second kappa shape index (κ2) is 9.40. The molecule has 156 valence electrons. The van der Waals surface area contributed by atoms with Crippen molar-refractivity contribution in [1.29, 1.82) is 0 Å². The number of benzene rings is 2. The van der Waals surface area contributed by atoms with Crippen LogP contribution in [0.2, 0.25) is 0 Å². The van der Waals surface area contributed by atoms with Crippen LogP contribution < -0.4 is 5.32 Å². The Morgan fingerprint density at radius 1 is 1.17 bits per heavy atom. The summed E-state index contributed by atoms with van der Waals surface area (Å²) in [5.41, 5.74) is 4.55. The number of aryl methyl sites for hydroxylation is 1. The van der Waals surface area contributed by atoms with Crippen LogP contribution in [0.25, 0.3) is 5.69 Å². The number of hydrogen-bond acceptors (Lipinski definition) is 6. The van der Waals surface area contributed by atoms with Crippen LogP contribution in [0.15, 0.2) is 53.7 Å². The van der Waals surface area contributed by atoms with Gasteiger partial charge in [0.15, 0.2) is 0 Å². The summed E-state index contributed by atoms with van der Waals surface area (Å²) in [6.07, 6.45) is 0.976. The highest BCUT2D eigenvalue weighted by atomic mass is 32.2. The second-order valence-electron chi connectivity index (χ2n) is 7.65. The van der Waals surface area contributed by atoms with Crippen LogP contribution in [-0.4, -0.2) is 55.9 Å². The standard InChI is InChI=1S/C22H26N6OS/c1-16-7-6-10-20(17(16)2)28-22(24-25-26-28)30-15-21(29)23-19-11-12-27(14-19)13-18-8-4-3-5-9-18/h3-10,19H,11-15H2,1-2H3,(H,23,29)/t19-/m1/s1.